The summed E-state index contributed by atoms with van der Waals surface area (Å²) >= 11 is 0. The lowest BCUT2D eigenvalue weighted by atomic mass is 10.0. The summed E-state index contributed by atoms with van der Waals surface area (Å²) in [6.07, 6.45) is -2.49. The molecule has 0 aliphatic heterocycles. The monoisotopic (exact) mass is 246 g/mol. The Kier molecular flexibility index (Phi) is 4.62. The van der Waals surface area contributed by atoms with Crippen molar-refractivity contribution in [3.05, 3.63) is 29.6 Å². The lowest BCUT2D eigenvalue weighted by Crippen LogP contribution is -2.20. The van der Waals surface area contributed by atoms with Crippen LogP contribution >= 0.6 is 0 Å². The van der Waals surface area contributed by atoms with E-state index in [-0.39, 0.29) is 12.0 Å². The molecule has 0 unspecified atom stereocenters. The standard InChI is InChI=1S/C11H13F3N2O/c1-2-15-6-4-10(17)8-7-16-5-3-9(8)11(12,13)14/h3,5,7,15H,2,4,6H2,1H3. The van der Waals surface area contributed by atoms with Gasteiger partial charge in [-0.3, -0.25) is 9.78 Å². The Bertz CT molecular complexity index is 391. The van der Waals surface area contributed by atoms with Crippen LogP contribution in [-0.2, 0) is 6.18 Å². The summed E-state index contributed by atoms with van der Waals surface area (Å²) in [6.45, 7) is 2.89. The zero-order valence-corrected chi connectivity index (χ0v) is 9.34. The van der Waals surface area contributed by atoms with Gasteiger partial charge in [-0.1, -0.05) is 6.92 Å². The van der Waals surface area contributed by atoms with E-state index < -0.39 is 17.5 Å². The van der Waals surface area contributed by atoms with Crippen LogP contribution in [0.4, 0.5) is 13.2 Å². The summed E-state index contributed by atoms with van der Waals surface area (Å²) in [5.41, 5.74) is -1.29. The molecule has 0 fully saturated rings. The molecular weight excluding hydrogens is 233 g/mol. The Balaban J connectivity index is 2.86. The van der Waals surface area contributed by atoms with E-state index in [1.165, 1.54) is 0 Å². The van der Waals surface area contributed by atoms with Crippen molar-refractivity contribution in [1.82, 2.24) is 10.3 Å². The second-order valence-electron chi connectivity index (χ2n) is 3.45. The number of hydrogen-bond acceptors (Lipinski definition) is 3. The summed E-state index contributed by atoms with van der Waals surface area (Å²) in [5, 5.41) is 2.88. The molecule has 0 aliphatic carbocycles. The summed E-state index contributed by atoms with van der Waals surface area (Å²) < 4.78 is 37.8. The van der Waals surface area contributed by atoms with E-state index in [1.807, 2.05) is 6.92 Å². The number of carbonyl (C=O) groups is 1. The Morgan fingerprint density at radius 1 is 1.47 bits per heavy atom. The van der Waals surface area contributed by atoms with Gasteiger partial charge in [0.1, 0.15) is 0 Å². The third-order valence-corrected chi connectivity index (χ3v) is 2.21. The maximum Gasteiger partial charge on any atom is 0.417 e. The number of nitrogens with one attached hydrogen (secondary N) is 1. The molecule has 1 aromatic heterocycles. The molecule has 17 heavy (non-hydrogen) atoms. The van der Waals surface area contributed by atoms with E-state index in [4.69, 9.17) is 0 Å². The van der Waals surface area contributed by atoms with Crippen LogP contribution in [0.15, 0.2) is 18.5 Å². The van der Waals surface area contributed by atoms with Crippen molar-refractivity contribution in [2.24, 2.45) is 0 Å². The number of aromatic nitrogens is 1. The quantitative estimate of drug-likeness (QED) is 0.640. The number of carbonyl (C=O) groups excluding carboxylic acids is 1. The predicted octanol–water partition coefficient (Wildman–Crippen LogP) is 2.28. The number of pyridine rings is 1. The Morgan fingerprint density at radius 2 is 2.18 bits per heavy atom. The number of alkyl halides is 3. The molecule has 0 aromatic carbocycles. The van der Waals surface area contributed by atoms with Gasteiger partial charge in [0.2, 0.25) is 0 Å². The smallest absolute Gasteiger partial charge is 0.317 e. The van der Waals surface area contributed by atoms with Gasteiger partial charge >= 0.3 is 6.18 Å². The average Bonchev–Trinajstić information content (AvgIpc) is 2.28. The first-order valence-corrected chi connectivity index (χ1v) is 5.22. The summed E-state index contributed by atoms with van der Waals surface area (Å²) in [5.74, 6) is -0.550. The molecule has 3 nitrogen and oxygen atoms in total. The highest BCUT2D eigenvalue weighted by Gasteiger charge is 2.34. The molecule has 0 bridgehead atoms. The molecule has 1 rings (SSSR count). The van der Waals surface area contributed by atoms with Crippen molar-refractivity contribution in [3.63, 3.8) is 0 Å². The molecule has 0 radical (unpaired) electrons. The van der Waals surface area contributed by atoms with Crippen molar-refractivity contribution in [2.45, 2.75) is 19.5 Å². The lowest BCUT2D eigenvalue weighted by molar-refractivity contribution is -0.138. The first-order chi connectivity index (χ1) is 7.96. The summed E-state index contributed by atoms with van der Waals surface area (Å²) in [6, 6.07) is 0.820. The lowest BCUT2D eigenvalue weighted by Gasteiger charge is -2.11. The molecule has 94 valence electrons. The van der Waals surface area contributed by atoms with Crippen molar-refractivity contribution in [3.8, 4) is 0 Å². The van der Waals surface area contributed by atoms with Gasteiger partial charge < -0.3 is 5.32 Å². The van der Waals surface area contributed by atoms with Crippen LogP contribution in [0, 0.1) is 0 Å². The number of rotatable bonds is 5. The van der Waals surface area contributed by atoms with Gasteiger partial charge in [0.15, 0.2) is 5.78 Å². The van der Waals surface area contributed by atoms with Gasteiger partial charge in [0.05, 0.1) is 5.56 Å². The van der Waals surface area contributed by atoms with E-state index in [1.54, 1.807) is 0 Å². The zero-order chi connectivity index (χ0) is 12.9. The maximum absolute atomic E-state index is 12.6. The normalized spacial score (nSPS) is 11.5. The number of hydrogen-bond donors (Lipinski definition) is 1. The fraction of sp³-hybridized carbons (Fsp3) is 0.455. The van der Waals surface area contributed by atoms with Crippen LogP contribution in [0.1, 0.15) is 29.3 Å². The van der Waals surface area contributed by atoms with Gasteiger partial charge in [-0.05, 0) is 12.6 Å². The van der Waals surface area contributed by atoms with Gasteiger partial charge in [0.25, 0.3) is 0 Å². The van der Waals surface area contributed by atoms with Crippen molar-refractivity contribution in [1.29, 1.82) is 0 Å². The molecular formula is C11H13F3N2O. The van der Waals surface area contributed by atoms with E-state index in [0.29, 0.717) is 13.1 Å². The SMILES string of the molecule is CCNCCC(=O)c1cnccc1C(F)(F)F. The fourth-order valence-corrected chi connectivity index (χ4v) is 1.38. The highest BCUT2D eigenvalue weighted by Crippen LogP contribution is 2.31. The fourth-order valence-electron chi connectivity index (χ4n) is 1.38. The van der Waals surface area contributed by atoms with Gasteiger partial charge in [-0.15, -0.1) is 0 Å². The van der Waals surface area contributed by atoms with Gasteiger partial charge in [-0.2, -0.15) is 13.2 Å². The Labute approximate surface area is 97.0 Å². The number of ketones is 1. The highest BCUT2D eigenvalue weighted by atomic mass is 19.4. The van der Waals surface area contributed by atoms with Crippen molar-refractivity contribution < 1.29 is 18.0 Å². The molecule has 0 saturated heterocycles. The minimum absolute atomic E-state index is 0.0304. The largest absolute Gasteiger partial charge is 0.417 e. The maximum atomic E-state index is 12.6. The molecule has 1 heterocycles. The molecule has 0 amide bonds. The number of nitrogens with zero attached hydrogens (tertiary/aromatic N) is 1. The molecule has 0 aliphatic rings. The van der Waals surface area contributed by atoms with Crippen LogP contribution in [0.3, 0.4) is 0 Å². The van der Waals surface area contributed by atoms with Crippen LogP contribution in [0.2, 0.25) is 0 Å². The Morgan fingerprint density at radius 3 is 2.76 bits per heavy atom. The van der Waals surface area contributed by atoms with Crippen molar-refractivity contribution in [2.75, 3.05) is 13.1 Å². The second-order valence-corrected chi connectivity index (χ2v) is 3.45. The summed E-state index contributed by atoms with van der Waals surface area (Å²) in [7, 11) is 0. The molecule has 0 atom stereocenters. The van der Waals surface area contributed by atoms with Gasteiger partial charge in [-0.25, -0.2) is 0 Å². The first kappa shape index (κ1) is 13.6. The third-order valence-electron chi connectivity index (χ3n) is 2.21. The minimum Gasteiger partial charge on any atom is -0.317 e. The van der Waals surface area contributed by atoms with Crippen LogP contribution in [0.25, 0.3) is 0 Å². The first-order valence-electron chi connectivity index (χ1n) is 5.22. The van der Waals surface area contributed by atoms with Crippen LogP contribution in [0.5, 0.6) is 0 Å². The average molecular weight is 246 g/mol. The molecule has 1 N–H and O–H groups in total. The number of Topliss-reactive ketones (excluding diaryl/α,β-unsaturated/α-hetero) is 1. The van der Waals surface area contributed by atoms with Gasteiger partial charge in [0, 0.05) is 30.9 Å². The topological polar surface area (TPSA) is 42.0 Å². The zero-order valence-electron chi connectivity index (χ0n) is 9.34. The van der Waals surface area contributed by atoms with Crippen LogP contribution in [-0.4, -0.2) is 23.9 Å². The molecule has 0 spiro atoms. The Hall–Kier alpha value is -1.43. The van der Waals surface area contributed by atoms with E-state index in [9.17, 15) is 18.0 Å². The molecule has 1 aromatic rings. The van der Waals surface area contributed by atoms with E-state index in [0.717, 1.165) is 18.5 Å². The third kappa shape index (κ3) is 3.81. The highest BCUT2D eigenvalue weighted by molar-refractivity contribution is 5.97. The van der Waals surface area contributed by atoms with E-state index >= 15 is 0 Å². The van der Waals surface area contributed by atoms with E-state index in [2.05, 4.69) is 10.3 Å². The minimum atomic E-state index is -4.52. The van der Waals surface area contributed by atoms with Crippen LogP contribution < -0.4 is 5.32 Å². The predicted molar refractivity (Wildman–Crippen MR) is 56.7 cm³/mol. The second kappa shape index (κ2) is 5.77. The summed E-state index contributed by atoms with van der Waals surface area (Å²) in [4.78, 5) is 15.2. The number of halogens is 3. The molecule has 0 saturated carbocycles. The molecule has 6 heteroatoms. The van der Waals surface area contributed by atoms with Crippen molar-refractivity contribution >= 4 is 5.78 Å².